The van der Waals surface area contributed by atoms with Crippen LogP contribution in [0.15, 0.2) is 24.5 Å². The highest BCUT2D eigenvalue weighted by Crippen LogP contribution is 2.34. The molecule has 0 N–H and O–H groups in total. The maximum absolute atomic E-state index is 14.5. The van der Waals surface area contributed by atoms with Gasteiger partial charge in [-0.05, 0) is 74.0 Å². The lowest BCUT2D eigenvalue weighted by atomic mass is 9.78. The fourth-order valence-corrected chi connectivity index (χ4v) is 5.21. The molecule has 0 heterocycles. The van der Waals surface area contributed by atoms with Gasteiger partial charge < -0.3 is 0 Å². The van der Waals surface area contributed by atoms with Crippen LogP contribution in [0.5, 0.6) is 0 Å². The Labute approximate surface area is 180 Å². The summed E-state index contributed by atoms with van der Waals surface area (Å²) >= 11 is 0. The number of allylic oxidation sites excluding steroid dienone is 1. The van der Waals surface area contributed by atoms with E-state index in [-0.39, 0.29) is 17.4 Å². The molecule has 0 nitrogen and oxygen atoms in total. The number of hydrogen-bond acceptors (Lipinski definition) is 0. The van der Waals surface area contributed by atoms with Crippen LogP contribution in [-0.4, -0.2) is 0 Å². The van der Waals surface area contributed by atoms with Gasteiger partial charge >= 0.3 is 0 Å². The zero-order valence-electron chi connectivity index (χ0n) is 18.2. The molecule has 3 rings (SSSR count). The molecule has 0 aromatic heterocycles. The standard InChI is InChI=1S/C27H35F3/c1-2-3-20-4-6-21(7-5-20)12-13-24-18-26(29)25(27(30)19-24)15-14-22-8-10-23(11-9-22)16-17-28/h16-23H,2-13H2,1H3/b17-16+. The van der Waals surface area contributed by atoms with Crippen LogP contribution in [0.4, 0.5) is 13.2 Å². The summed E-state index contributed by atoms with van der Waals surface area (Å²) in [4.78, 5) is 0. The summed E-state index contributed by atoms with van der Waals surface area (Å²) in [6.45, 7) is 2.25. The van der Waals surface area contributed by atoms with Crippen molar-refractivity contribution in [2.45, 2.75) is 84.0 Å². The summed E-state index contributed by atoms with van der Waals surface area (Å²) in [7, 11) is 0. The van der Waals surface area contributed by atoms with Crippen LogP contribution in [0.25, 0.3) is 0 Å². The van der Waals surface area contributed by atoms with Gasteiger partial charge in [-0.15, -0.1) is 0 Å². The van der Waals surface area contributed by atoms with Crippen molar-refractivity contribution >= 4 is 0 Å². The lowest BCUT2D eigenvalue weighted by molar-refractivity contribution is 0.252. The molecule has 2 aliphatic rings. The molecule has 0 bridgehead atoms. The Morgan fingerprint density at radius 3 is 2.07 bits per heavy atom. The first kappa shape index (κ1) is 23.0. The molecule has 0 radical (unpaired) electrons. The van der Waals surface area contributed by atoms with Gasteiger partial charge in [-0.3, -0.25) is 0 Å². The molecule has 0 aliphatic heterocycles. The predicted octanol–water partition coefficient (Wildman–Crippen LogP) is 8.15. The second-order valence-corrected chi connectivity index (χ2v) is 9.35. The Hall–Kier alpha value is -1.69. The van der Waals surface area contributed by atoms with Gasteiger partial charge in [0.15, 0.2) is 0 Å². The van der Waals surface area contributed by atoms with Crippen molar-refractivity contribution in [3.8, 4) is 11.8 Å². The molecule has 1 aromatic rings. The van der Waals surface area contributed by atoms with E-state index in [1.807, 2.05) is 0 Å². The molecule has 0 unspecified atom stereocenters. The zero-order chi connectivity index (χ0) is 21.3. The van der Waals surface area contributed by atoms with Gasteiger partial charge in [0.2, 0.25) is 0 Å². The van der Waals surface area contributed by atoms with E-state index >= 15 is 0 Å². The zero-order valence-corrected chi connectivity index (χ0v) is 18.2. The SMILES string of the molecule is CCCC1CCC(CCc2cc(F)c(C#CC3CCC(/C=C/F)CC3)c(F)c2)CC1. The van der Waals surface area contributed by atoms with E-state index in [1.165, 1.54) is 50.7 Å². The van der Waals surface area contributed by atoms with Gasteiger partial charge in [0.05, 0.1) is 11.9 Å². The molecule has 2 fully saturated rings. The first-order valence-corrected chi connectivity index (χ1v) is 11.8. The minimum atomic E-state index is -0.543. The molecule has 0 spiro atoms. The predicted molar refractivity (Wildman–Crippen MR) is 118 cm³/mol. The first-order chi connectivity index (χ1) is 14.6. The maximum Gasteiger partial charge on any atom is 0.142 e. The van der Waals surface area contributed by atoms with Gasteiger partial charge in [-0.25, -0.2) is 13.2 Å². The molecule has 3 heteroatoms. The van der Waals surface area contributed by atoms with E-state index in [2.05, 4.69) is 18.8 Å². The molecule has 0 amide bonds. The van der Waals surface area contributed by atoms with Crippen LogP contribution < -0.4 is 0 Å². The number of rotatable bonds is 6. The van der Waals surface area contributed by atoms with E-state index in [1.54, 1.807) is 6.08 Å². The van der Waals surface area contributed by atoms with Crippen LogP contribution in [-0.2, 0) is 6.42 Å². The smallest absolute Gasteiger partial charge is 0.142 e. The summed E-state index contributed by atoms with van der Waals surface area (Å²) < 4.78 is 41.3. The van der Waals surface area contributed by atoms with Gasteiger partial charge in [0.1, 0.15) is 11.6 Å². The largest absolute Gasteiger partial charge is 0.216 e. The molecule has 2 aliphatic carbocycles. The molecular weight excluding hydrogens is 381 g/mol. The highest BCUT2D eigenvalue weighted by atomic mass is 19.1. The van der Waals surface area contributed by atoms with Crippen molar-refractivity contribution in [2.24, 2.45) is 23.7 Å². The molecule has 0 atom stereocenters. The number of aryl methyl sites for hydroxylation is 1. The third kappa shape index (κ3) is 6.66. The minimum Gasteiger partial charge on any atom is -0.216 e. The third-order valence-electron chi connectivity index (χ3n) is 7.12. The van der Waals surface area contributed by atoms with Crippen LogP contribution >= 0.6 is 0 Å². The average molecular weight is 417 g/mol. The Morgan fingerprint density at radius 2 is 1.50 bits per heavy atom. The summed E-state index contributed by atoms with van der Waals surface area (Å²) in [6.07, 6.45) is 15.1. The Bertz CT molecular complexity index is 731. The van der Waals surface area contributed by atoms with E-state index in [0.717, 1.165) is 50.0 Å². The van der Waals surface area contributed by atoms with Crippen molar-refractivity contribution in [1.82, 2.24) is 0 Å². The van der Waals surface area contributed by atoms with Crippen molar-refractivity contribution in [3.63, 3.8) is 0 Å². The molecule has 1 aromatic carbocycles. The van der Waals surface area contributed by atoms with Gasteiger partial charge in [0.25, 0.3) is 0 Å². The summed E-state index contributed by atoms with van der Waals surface area (Å²) in [5, 5.41) is 0. The van der Waals surface area contributed by atoms with Crippen LogP contribution in [0.2, 0.25) is 0 Å². The minimum absolute atomic E-state index is 0.107. The van der Waals surface area contributed by atoms with Crippen LogP contribution in [0.1, 0.15) is 88.7 Å². The van der Waals surface area contributed by atoms with Gasteiger partial charge in [-0.2, -0.15) is 0 Å². The van der Waals surface area contributed by atoms with Gasteiger partial charge in [-0.1, -0.05) is 63.4 Å². The lowest BCUT2D eigenvalue weighted by Gasteiger charge is -2.28. The second-order valence-electron chi connectivity index (χ2n) is 9.35. The lowest BCUT2D eigenvalue weighted by Crippen LogP contribution is -2.15. The van der Waals surface area contributed by atoms with E-state index in [0.29, 0.717) is 12.2 Å². The second kappa shape index (κ2) is 11.6. The van der Waals surface area contributed by atoms with E-state index < -0.39 is 11.6 Å². The maximum atomic E-state index is 14.5. The van der Waals surface area contributed by atoms with E-state index in [4.69, 9.17) is 0 Å². The molecular formula is C27H35F3. The molecule has 30 heavy (non-hydrogen) atoms. The van der Waals surface area contributed by atoms with Crippen molar-refractivity contribution in [3.05, 3.63) is 47.3 Å². The van der Waals surface area contributed by atoms with Crippen molar-refractivity contribution in [1.29, 1.82) is 0 Å². The number of halogens is 3. The van der Waals surface area contributed by atoms with E-state index in [9.17, 15) is 13.2 Å². The van der Waals surface area contributed by atoms with Crippen LogP contribution in [0.3, 0.4) is 0 Å². The number of hydrogen-bond donors (Lipinski definition) is 0. The summed E-state index contributed by atoms with van der Waals surface area (Å²) in [5.74, 6) is 6.69. The summed E-state index contributed by atoms with van der Waals surface area (Å²) in [6, 6.07) is 2.94. The monoisotopic (exact) mass is 416 g/mol. The molecule has 164 valence electrons. The molecule has 2 saturated carbocycles. The summed E-state index contributed by atoms with van der Waals surface area (Å²) in [5.41, 5.74) is 0.634. The molecule has 0 saturated heterocycles. The highest BCUT2D eigenvalue weighted by molar-refractivity contribution is 5.39. The van der Waals surface area contributed by atoms with Gasteiger partial charge in [0, 0.05) is 5.92 Å². The van der Waals surface area contributed by atoms with Crippen molar-refractivity contribution in [2.75, 3.05) is 0 Å². The Morgan fingerprint density at radius 1 is 0.900 bits per heavy atom. The highest BCUT2D eigenvalue weighted by Gasteiger charge is 2.21. The quantitative estimate of drug-likeness (QED) is 0.411. The average Bonchev–Trinajstić information content (AvgIpc) is 2.74. The fraction of sp³-hybridized carbons (Fsp3) is 0.630. The number of benzene rings is 1. The fourth-order valence-electron chi connectivity index (χ4n) is 5.21. The Kier molecular flexibility index (Phi) is 8.91. The normalized spacial score (nSPS) is 27.1. The van der Waals surface area contributed by atoms with Crippen molar-refractivity contribution < 1.29 is 13.2 Å². The van der Waals surface area contributed by atoms with Crippen LogP contribution in [0, 0.1) is 47.1 Å². The third-order valence-corrected chi connectivity index (χ3v) is 7.12. The Balaban J connectivity index is 1.52. The topological polar surface area (TPSA) is 0 Å². The first-order valence-electron chi connectivity index (χ1n) is 11.8.